The predicted molar refractivity (Wildman–Crippen MR) is 130 cm³/mol. The average Bonchev–Trinajstić information content (AvgIpc) is 3.46. The summed E-state index contributed by atoms with van der Waals surface area (Å²) in [5.74, 6) is -0.883. The lowest BCUT2D eigenvalue weighted by Gasteiger charge is -2.27. The van der Waals surface area contributed by atoms with Crippen molar-refractivity contribution in [2.75, 3.05) is 31.6 Å². The first-order chi connectivity index (χ1) is 16.4. The molecule has 2 saturated heterocycles. The van der Waals surface area contributed by atoms with Crippen LogP contribution in [0.4, 0.5) is 5.69 Å². The van der Waals surface area contributed by atoms with E-state index in [-0.39, 0.29) is 36.8 Å². The fourth-order valence-corrected chi connectivity index (χ4v) is 4.67. The van der Waals surface area contributed by atoms with Crippen LogP contribution in [0.25, 0.3) is 0 Å². The molecule has 1 N–H and O–H groups in total. The summed E-state index contributed by atoms with van der Waals surface area (Å²) in [6.07, 6.45) is 1.92. The third-order valence-electron chi connectivity index (χ3n) is 6.75. The van der Waals surface area contributed by atoms with E-state index in [0.717, 1.165) is 35.2 Å². The monoisotopic (exact) mass is 463 g/mol. The quantitative estimate of drug-likeness (QED) is 0.652. The summed E-state index contributed by atoms with van der Waals surface area (Å²) in [5, 5.41) is 2.95. The van der Waals surface area contributed by atoms with Gasteiger partial charge in [0, 0.05) is 38.3 Å². The van der Waals surface area contributed by atoms with Crippen LogP contribution in [0.15, 0.2) is 48.5 Å². The Hall–Kier alpha value is -3.19. The van der Waals surface area contributed by atoms with Crippen molar-refractivity contribution in [1.29, 1.82) is 0 Å². The number of hydrogen-bond donors (Lipinski definition) is 1. The molecule has 0 spiro atoms. The molecule has 2 aliphatic rings. The van der Waals surface area contributed by atoms with E-state index >= 15 is 0 Å². The van der Waals surface area contributed by atoms with E-state index in [1.54, 1.807) is 9.80 Å². The number of nitrogens with zero attached hydrogens (tertiary/aromatic N) is 2. The molecule has 2 heterocycles. The molecule has 0 unspecified atom stereocenters. The zero-order valence-corrected chi connectivity index (χ0v) is 20.0. The standard InChI is InChI=1S/C27H33N3O4/c1-19-8-6-12-24(20(19)2)28-25(31)18-30(17-23-11-7-13-34-23)27(33)22-14-26(32)29(16-22)15-21-9-4-3-5-10-21/h3-6,8-10,12,22-23H,7,11,13-18H2,1-2H3,(H,28,31)/t22-,23-/m0/s1. The highest BCUT2D eigenvalue weighted by Crippen LogP contribution is 2.24. The van der Waals surface area contributed by atoms with E-state index in [9.17, 15) is 14.4 Å². The molecule has 0 radical (unpaired) electrons. The van der Waals surface area contributed by atoms with Gasteiger partial charge in [-0.3, -0.25) is 14.4 Å². The Labute approximate surface area is 201 Å². The lowest BCUT2D eigenvalue weighted by atomic mass is 10.1. The minimum absolute atomic E-state index is 0.0286. The third-order valence-corrected chi connectivity index (χ3v) is 6.75. The fraction of sp³-hybridized carbons (Fsp3) is 0.444. The lowest BCUT2D eigenvalue weighted by molar-refractivity contribution is -0.139. The number of amides is 3. The van der Waals surface area contributed by atoms with Crippen molar-refractivity contribution in [3.05, 3.63) is 65.2 Å². The van der Waals surface area contributed by atoms with Crippen LogP contribution in [0.3, 0.4) is 0 Å². The zero-order valence-electron chi connectivity index (χ0n) is 20.0. The van der Waals surface area contributed by atoms with Gasteiger partial charge in [-0.1, -0.05) is 42.5 Å². The highest BCUT2D eigenvalue weighted by molar-refractivity contribution is 5.96. The van der Waals surface area contributed by atoms with Gasteiger partial charge in [0.25, 0.3) is 0 Å². The molecular formula is C27H33N3O4. The minimum atomic E-state index is -0.453. The zero-order chi connectivity index (χ0) is 24.1. The van der Waals surface area contributed by atoms with Crippen LogP contribution in [0.1, 0.15) is 36.0 Å². The van der Waals surface area contributed by atoms with E-state index in [2.05, 4.69) is 5.32 Å². The number of carbonyl (C=O) groups is 3. The van der Waals surface area contributed by atoms with E-state index in [0.29, 0.717) is 26.2 Å². The van der Waals surface area contributed by atoms with Crippen molar-refractivity contribution < 1.29 is 19.1 Å². The van der Waals surface area contributed by atoms with Crippen molar-refractivity contribution in [3.8, 4) is 0 Å². The molecule has 7 nitrogen and oxygen atoms in total. The summed E-state index contributed by atoms with van der Waals surface area (Å²) < 4.78 is 5.75. The first-order valence-electron chi connectivity index (χ1n) is 12.0. The molecule has 180 valence electrons. The molecule has 0 aromatic heterocycles. The highest BCUT2D eigenvalue weighted by Gasteiger charge is 2.38. The maximum absolute atomic E-state index is 13.5. The topological polar surface area (TPSA) is 79.0 Å². The molecule has 2 fully saturated rings. The van der Waals surface area contributed by atoms with Gasteiger partial charge in [0.15, 0.2) is 0 Å². The van der Waals surface area contributed by atoms with Crippen LogP contribution in [-0.2, 0) is 25.7 Å². The largest absolute Gasteiger partial charge is 0.376 e. The second kappa shape index (κ2) is 10.8. The molecule has 3 amide bonds. The van der Waals surface area contributed by atoms with Crippen LogP contribution in [0.5, 0.6) is 0 Å². The van der Waals surface area contributed by atoms with E-state index < -0.39 is 5.92 Å². The molecule has 2 aromatic carbocycles. The average molecular weight is 464 g/mol. The number of benzene rings is 2. The van der Waals surface area contributed by atoms with Crippen LogP contribution in [-0.4, -0.2) is 59.9 Å². The van der Waals surface area contributed by atoms with Crippen LogP contribution in [0, 0.1) is 19.8 Å². The van der Waals surface area contributed by atoms with E-state index in [1.165, 1.54) is 0 Å². The molecule has 2 aliphatic heterocycles. The van der Waals surface area contributed by atoms with Gasteiger partial charge in [-0.25, -0.2) is 0 Å². The molecule has 34 heavy (non-hydrogen) atoms. The normalized spacial score (nSPS) is 19.9. The maximum Gasteiger partial charge on any atom is 0.244 e. The van der Waals surface area contributed by atoms with Gasteiger partial charge < -0.3 is 19.9 Å². The predicted octanol–water partition coefficient (Wildman–Crippen LogP) is 3.30. The Balaban J connectivity index is 1.43. The van der Waals surface area contributed by atoms with E-state index in [4.69, 9.17) is 4.74 Å². The number of nitrogens with one attached hydrogen (secondary N) is 1. The summed E-state index contributed by atoms with van der Waals surface area (Å²) in [4.78, 5) is 42.4. The molecular weight excluding hydrogens is 430 g/mol. The summed E-state index contributed by atoms with van der Waals surface area (Å²) in [6, 6.07) is 15.5. The van der Waals surface area contributed by atoms with Crippen LogP contribution in [0.2, 0.25) is 0 Å². The van der Waals surface area contributed by atoms with Gasteiger partial charge >= 0.3 is 0 Å². The van der Waals surface area contributed by atoms with E-state index in [1.807, 2.05) is 62.4 Å². The summed E-state index contributed by atoms with van der Waals surface area (Å²) in [7, 11) is 0. The Morgan fingerprint density at radius 2 is 1.91 bits per heavy atom. The van der Waals surface area contributed by atoms with Crippen molar-refractivity contribution in [2.45, 2.75) is 45.8 Å². The molecule has 2 aromatic rings. The number of anilines is 1. The molecule has 0 aliphatic carbocycles. The molecule has 0 bridgehead atoms. The Morgan fingerprint density at radius 1 is 1.12 bits per heavy atom. The smallest absolute Gasteiger partial charge is 0.244 e. The Kier molecular flexibility index (Phi) is 7.63. The number of rotatable bonds is 8. The van der Waals surface area contributed by atoms with Crippen molar-refractivity contribution in [1.82, 2.24) is 9.80 Å². The minimum Gasteiger partial charge on any atom is -0.376 e. The first-order valence-corrected chi connectivity index (χ1v) is 12.0. The number of carbonyl (C=O) groups excluding carboxylic acids is 3. The maximum atomic E-state index is 13.5. The van der Waals surface area contributed by atoms with Crippen LogP contribution >= 0.6 is 0 Å². The highest BCUT2D eigenvalue weighted by atomic mass is 16.5. The van der Waals surface area contributed by atoms with Gasteiger partial charge in [-0.2, -0.15) is 0 Å². The first kappa shape index (κ1) is 24.0. The Bertz CT molecular complexity index is 1030. The van der Waals surface area contributed by atoms with Gasteiger partial charge in [-0.05, 0) is 49.4 Å². The second-order valence-corrected chi connectivity index (χ2v) is 9.31. The molecule has 0 saturated carbocycles. The lowest BCUT2D eigenvalue weighted by Crippen LogP contribution is -2.45. The van der Waals surface area contributed by atoms with Gasteiger partial charge in [-0.15, -0.1) is 0 Å². The summed E-state index contributed by atoms with van der Waals surface area (Å²) >= 11 is 0. The van der Waals surface area contributed by atoms with Gasteiger partial charge in [0.05, 0.1) is 18.6 Å². The molecule has 2 atom stereocenters. The van der Waals surface area contributed by atoms with Crippen molar-refractivity contribution in [2.24, 2.45) is 5.92 Å². The second-order valence-electron chi connectivity index (χ2n) is 9.31. The fourth-order valence-electron chi connectivity index (χ4n) is 4.67. The number of ether oxygens (including phenoxy) is 1. The van der Waals surface area contributed by atoms with Crippen molar-refractivity contribution >= 4 is 23.4 Å². The number of aryl methyl sites for hydroxylation is 1. The Morgan fingerprint density at radius 3 is 2.65 bits per heavy atom. The summed E-state index contributed by atoms with van der Waals surface area (Å²) in [5.41, 5.74) is 3.88. The SMILES string of the molecule is Cc1cccc(NC(=O)CN(C[C@@H]2CCCO2)C(=O)[C@H]2CC(=O)N(Cc3ccccc3)C2)c1C. The van der Waals surface area contributed by atoms with Gasteiger partial charge in [0.1, 0.15) is 0 Å². The molecule has 4 rings (SSSR count). The summed E-state index contributed by atoms with van der Waals surface area (Å²) in [6.45, 7) is 5.80. The van der Waals surface area contributed by atoms with Gasteiger partial charge in [0.2, 0.25) is 17.7 Å². The third kappa shape index (κ3) is 5.83. The van der Waals surface area contributed by atoms with Crippen LogP contribution < -0.4 is 5.32 Å². The number of hydrogen-bond acceptors (Lipinski definition) is 4. The number of likely N-dealkylation sites (tertiary alicyclic amines) is 1. The molecule has 7 heteroatoms. The van der Waals surface area contributed by atoms with Crippen molar-refractivity contribution in [3.63, 3.8) is 0 Å².